The number of piperidine rings is 1. The Hall–Kier alpha value is -3.17. The number of pyridine rings is 1. The van der Waals surface area contributed by atoms with Crippen molar-refractivity contribution in [3.63, 3.8) is 0 Å². The van der Waals surface area contributed by atoms with Crippen molar-refractivity contribution in [3.05, 3.63) is 63.6 Å². The second-order valence-electron chi connectivity index (χ2n) is 8.11. The molecule has 0 radical (unpaired) electrons. The zero-order valence-electron chi connectivity index (χ0n) is 18.9. The van der Waals surface area contributed by atoms with Crippen LogP contribution in [0.15, 0.2) is 41.3 Å². The Morgan fingerprint density at radius 2 is 2.00 bits per heavy atom. The highest BCUT2D eigenvalue weighted by Crippen LogP contribution is 2.16. The number of hydrogen-bond donors (Lipinski definition) is 4. The number of rotatable bonds is 10. The van der Waals surface area contributed by atoms with Crippen LogP contribution in [-0.4, -0.2) is 61.4 Å². The van der Waals surface area contributed by atoms with E-state index in [4.69, 9.17) is 9.84 Å². The average Bonchev–Trinajstić information content (AvgIpc) is 2.84. The Morgan fingerprint density at radius 3 is 2.73 bits per heavy atom. The fraction of sp³-hybridized carbons (Fsp3) is 0.458. The molecule has 0 atom stereocenters. The van der Waals surface area contributed by atoms with Gasteiger partial charge in [-0.15, -0.1) is 0 Å². The number of hydrogen-bond acceptors (Lipinski definition) is 6. The number of aromatic nitrogens is 1. The van der Waals surface area contributed by atoms with Crippen molar-refractivity contribution in [2.45, 2.75) is 25.8 Å². The zero-order valence-corrected chi connectivity index (χ0v) is 18.9. The van der Waals surface area contributed by atoms with E-state index in [1.165, 1.54) is 23.9 Å². The van der Waals surface area contributed by atoms with E-state index in [-0.39, 0.29) is 36.8 Å². The Labute approximate surface area is 193 Å². The highest BCUT2D eigenvalue weighted by Gasteiger charge is 2.18. The first-order valence-electron chi connectivity index (χ1n) is 11.3. The smallest absolute Gasteiger partial charge is 0.263 e. The lowest BCUT2D eigenvalue weighted by atomic mass is 9.95. The number of nitrogens with one attached hydrogen (secondary N) is 3. The SMILES string of the molecule is CNC(=O)c1cc(C(=O)NCCC2CCNCC2)cn(Cc2cccc(OCCO)c2)c1=O. The van der Waals surface area contributed by atoms with Crippen molar-refractivity contribution < 1.29 is 19.4 Å². The largest absolute Gasteiger partial charge is 0.491 e. The van der Waals surface area contributed by atoms with Gasteiger partial charge >= 0.3 is 0 Å². The normalized spacial score (nSPS) is 14.0. The van der Waals surface area contributed by atoms with Crippen molar-refractivity contribution in [3.8, 4) is 5.75 Å². The van der Waals surface area contributed by atoms with E-state index in [1.807, 2.05) is 6.07 Å². The lowest BCUT2D eigenvalue weighted by Gasteiger charge is -2.22. The molecule has 0 bridgehead atoms. The van der Waals surface area contributed by atoms with Crippen LogP contribution in [0.25, 0.3) is 0 Å². The molecule has 1 fully saturated rings. The van der Waals surface area contributed by atoms with Crippen LogP contribution in [0.4, 0.5) is 0 Å². The summed E-state index contributed by atoms with van der Waals surface area (Å²) in [5.41, 5.74) is 0.448. The average molecular weight is 457 g/mol. The molecule has 1 saturated heterocycles. The third kappa shape index (κ3) is 6.90. The maximum atomic E-state index is 12.9. The van der Waals surface area contributed by atoms with Gasteiger partial charge in [-0.05, 0) is 62.0 Å². The number of aliphatic hydroxyl groups excluding tert-OH is 1. The first kappa shape index (κ1) is 24.5. The molecule has 0 spiro atoms. The molecular formula is C24H32N4O5. The van der Waals surface area contributed by atoms with Crippen molar-refractivity contribution >= 4 is 11.8 Å². The van der Waals surface area contributed by atoms with Gasteiger partial charge in [0.05, 0.1) is 18.7 Å². The minimum atomic E-state index is -0.543. The van der Waals surface area contributed by atoms with Gasteiger partial charge in [-0.25, -0.2) is 0 Å². The molecule has 1 aliphatic rings. The van der Waals surface area contributed by atoms with E-state index in [0.29, 0.717) is 18.2 Å². The van der Waals surface area contributed by atoms with Crippen LogP contribution in [0.2, 0.25) is 0 Å². The second kappa shape index (κ2) is 12.2. The molecule has 1 aliphatic heterocycles. The van der Waals surface area contributed by atoms with Crippen molar-refractivity contribution in [1.29, 1.82) is 0 Å². The molecule has 0 aliphatic carbocycles. The third-order valence-electron chi connectivity index (χ3n) is 5.73. The molecule has 2 amide bonds. The minimum absolute atomic E-state index is 0.0869. The van der Waals surface area contributed by atoms with E-state index in [0.717, 1.165) is 37.9 Å². The molecule has 9 heteroatoms. The number of carbonyl (C=O) groups excluding carboxylic acids is 2. The Balaban J connectivity index is 1.78. The van der Waals surface area contributed by atoms with Gasteiger partial charge in [-0.1, -0.05) is 12.1 Å². The molecule has 4 N–H and O–H groups in total. The van der Waals surface area contributed by atoms with Crippen LogP contribution in [0, 0.1) is 5.92 Å². The molecular weight excluding hydrogens is 424 g/mol. The van der Waals surface area contributed by atoms with Crippen molar-refractivity contribution in [2.24, 2.45) is 5.92 Å². The summed E-state index contributed by atoms with van der Waals surface area (Å²) in [5, 5.41) is 17.7. The molecule has 1 aromatic carbocycles. The highest BCUT2D eigenvalue weighted by molar-refractivity contribution is 5.99. The molecule has 3 rings (SSSR count). The van der Waals surface area contributed by atoms with Crippen LogP contribution in [0.3, 0.4) is 0 Å². The van der Waals surface area contributed by atoms with Gasteiger partial charge in [0.15, 0.2) is 0 Å². The maximum Gasteiger partial charge on any atom is 0.263 e. The van der Waals surface area contributed by atoms with Crippen molar-refractivity contribution in [2.75, 3.05) is 39.9 Å². The van der Waals surface area contributed by atoms with E-state index >= 15 is 0 Å². The Bertz CT molecular complexity index is 1010. The van der Waals surface area contributed by atoms with Crippen LogP contribution in [-0.2, 0) is 6.54 Å². The van der Waals surface area contributed by atoms with Gasteiger partial charge < -0.3 is 30.4 Å². The summed E-state index contributed by atoms with van der Waals surface area (Å²) in [4.78, 5) is 38.1. The predicted molar refractivity (Wildman–Crippen MR) is 125 cm³/mol. The lowest BCUT2D eigenvalue weighted by molar-refractivity contribution is 0.0949. The molecule has 2 aromatic rings. The molecule has 178 valence electrons. The van der Waals surface area contributed by atoms with Crippen LogP contribution < -0.4 is 26.2 Å². The number of amides is 2. The topological polar surface area (TPSA) is 122 Å². The second-order valence-corrected chi connectivity index (χ2v) is 8.11. The first-order valence-corrected chi connectivity index (χ1v) is 11.3. The fourth-order valence-electron chi connectivity index (χ4n) is 3.93. The van der Waals surface area contributed by atoms with E-state index in [9.17, 15) is 14.4 Å². The predicted octanol–water partition coefficient (Wildman–Crippen LogP) is 0.747. The summed E-state index contributed by atoms with van der Waals surface area (Å²) in [6, 6.07) is 8.46. The summed E-state index contributed by atoms with van der Waals surface area (Å²) < 4.78 is 6.79. The molecule has 9 nitrogen and oxygen atoms in total. The lowest BCUT2D eigenvalue weighted by Crippen LogP contribution is -2.35. The van der Waals surface area contributed by atoms with E-state index in [2.05, 4.69) is 16.0 Å². The van der Waals surface area contributed by atoms with Gasteiger partial charge in [0.1, 0.15) is 17.9 Å². The highest BCUT2D eigenvalue weighted by atomic mass is 16.5. The molecule has 0 saturated carbocycles. The van der Waals surface area contributed by atoms with Gasteiger partial charge in [-0.3, -0.25) is 14.4 Å². The Kier molecular flexibility index (Phi) is 9.03. The number of benzene rings is 1. The maximum absolute atomic E-state index is 12.9. The van der Waals surface area contributed by atoms with Gasteiger partial charge in [-0.2, -0.15) is 0 Å². The molecule has 2 heterocycles. The quantitative estimate of drug-likeness (QED) is 0.419. The van der Waals surface area contributed by atoms with Crippen molar-refractivity contribution in [1.82, 2.24) is 20.5 Å². The van der Waals surface area contributed by atoms with Crippen LogP contribution in [0.5, 0.6) is 5.75 Å². The third-order valence-corrected chi connectivity index (χ3v) is 5.73. The number of aliphatic hydroxyl groups is 1. The Morgan fingerprint density at radius 1 is 1.21 bits per heavy atom. The van der Waals surface area contributed by atoms with Gasteiger partial charge in [0.25, 0.3) is 17.4 Å². The first-order chi connectivity index (χ1) is 16.0. The number of nitrogens with zero attached hydrogens (tertiary/aromatic N) is 1. The zero-order chi connectivity index (χ0) is 23.6. The summed E-state index contributed by atoms with van der Waals surface area (Å²) in [7, 11) is 1.44. The monoisotopic (exact) mass is 456 g/mol. The molecule has 0 unspecified atom stereocenters. The van der Waals surface area contributed by atoms with Gasteiger partial charge in [0.2, 0.25) is 0 Å². The van der Waals surface area contributed by atoms with Crippen LogP contribution in [0.1, 0.15) is 45.5 Å². The summed E-state index contributed by atoms with van der Waals surface area (Å²) in [5.74, 6) is 0.288. The minimum Gasteiger partial charge on any atom is -0.491 e. The fourth-order valence-corrected chi connectivity index (χ4v) is 3.93. The number of carbonyl (C=O) groups is 2. The standard InChI is InChI=1S/C24H32N4O5/c1-25-23(31)21-14-19(22(30)27-10-7-17-5-8-26-9-6-17)16-28(24(21)32)15-18-3-2-4-20(13-18)33-12-11-29/h2-4,13-14,16-17,26,29H,5-12,15H2,1H3,(H,25,31)(H,27,30). The summed E-state index contributed by atoms with van der Waals surface area (Å²) >= 11 is 0. The molecule has 33 heavy (non-hydrogen) atoms. The summed E-state index contributed by atoms with van der Waals surface area (Å²) in [6.07, 6.45) is 4.58. The number of ether oxygens (including phenoxy) is 1. The van der Waals surface area contributed by atoms with E-state index < -0.39 is 11.5 Å². The van der Waals surface area contributed by atoms with Crippen LogP contribution >= 0.6 is 0 Å². The van der Waals surface area contributed by atoms with Gasteiger partial charge in [0, 0.05) is 19.8 Å². The molecule has 1 aromatic heterocycles. The van der Waals surface area contributed by atoms with E-state index in [1.54, 1.807) is 18.2 Å². The summed E-state index contributed by atoms with van der Waals surface area (Å²) in [6.45, 7) is 2.78.